The van der Waals surface area contributed by atoms with Crippen molar-refractivity contribution < 1.29 is 14.3 Å². The fourth-order valence-corrected chi connectivity index (χ4v) is 6.64. The van der Waals surface area contributed by atoms with E-state index in [1.165, 1.54) is 35.8 Å². The summed E-state index contributed by atoms with van der Waals surface area (Å²) in [6.07, 6.45) is 8.46. The molecule has 1 N–H and O–H groups in total. The van der Waals surface area contributed by atoms with Gasteiger partial charge in [0.1, 0.15) is 5.82 Å². The molecule has 6 rings (SSSR count). The number of anilines is 1. The molecule has 3 aliphatic rings. The zero-order valence-corrected chi connectivity index (χ0v) is 21.9. The van der Waals surface area contributed by atoms with E-state index in [9.17, 15) is 4.79 Å². The minimum Gasteiger partial charge on any atom is -0.454 e. The van der Waals surface area contributed by atoms with E-state index in [2.05, 4.69) is 39.4 Å². The molecule has 1 aliphatic carbocycles. The number of amides is 1. The van der Waals surface area contributed by atoms with Gasteiger partial charge in [-0.3, -0.25) is 9.69 Å². The molecule has 2 atom stereocenters. The molecule has 2 aliphatic heterocycles. The molecule has 0 spiro atoms. The molecule has 1 saturated carbocycles. The number of nitrogens with zero attached hydrogens (tertiary/aromatic N) is 3. The Bertz CT molecular complexity index is 1270. The number of hydrogen-bond acceptors (Lipinski definition) is 7. The van der Waals surface area contributed by atoms with Crippen LogP contribution in [0.25, 0.3) is 16.2 Å². The van der Waals surface area contributed by atoms with Crippen LogP contribution in [0.15, 0.2) is 48.5 Å². The SMILES string of the molecule is O=C(/C=C/c1ccc2c(c1)OCO2)NC[C@@H]1CCCC[C@@H]1CN1CCN(c2nsc3ccccc23)CC1. The second-order valence-corrected chi connectivity index (χ2v) is 11.1. The van der Waals surface area contributed by atoms with Crippen molar-refractivity contribution in [2.24, 2.45) is 11.8 Å². The smallest absolute Gasteiger partial charge is 0.244 e. The standard InChI is InChI=1S/C29H34N4O3S/c34-28(12-10-21-9-11-25-26(17-21)36-20-35-25)30-18-22-5-1-2-6-23(22)19-32-13-15-33(16-14-32)29-24-7-3-4-8-27(24)37-31-29/h3-4,7-12,17,22-23H,1-2,5-6,13-16,18-20H2,(H,30,34)/b12-10+/t22-,23+/m0/s1. The lowest BCUT2D eigenvalue weighted by molar-refractivity contribution is -0.116. The molecule has 3 aromatic rings. The second-order valence-electron chi connectivity index (χ2n) is 10.3. The number of benzene rings is 2. The van der Waals surface area contributed by atoms with Crippen LogP contribution >= 0.6 is 11.5 Å². The van der Waals surface area contributed by atoms with Gasteiger partial charge in [-0.05, 0) is 72.1 Å². The molecule has 2 fully saturated rings. The number of rotatable bonds is 7. The summed E-state index contributed by atoms with van der Waals surface area (Å²) in [6.45, 7) is 6.31. The van der Waals surface area contributed by atoms with Crippen molar-refractivity contribution >= 4 is 39.4 Å². The van der Waals surface area contributed by atoms with Crippen LogP contribution in [0.5, 0.6) is 11.5 Å². The lowest BCUT2D eigenvalue weighted by Crippen LogP contribution is -2.49. The Hall–Kier alpha value is -3.10. The third kappa shape index (κ3) is 5.60. The second kappa shape index (κ2) is 11.1. The third-order valence-electron chi connectivity index (χ3n) is 7.95. The van der Waals surface area contributed by atoms with Crippen molar-refractivity contribution in [2.45, 2.75) is 25.7 Å². The van der Waals surface area contributed by atoms with E-state index in [0.717, 1.165) is 62.1 Å². The normalized spacial score (nSPS) is 22.1. The Morgan fingerprint density at radius 3 is 2.73 bits per heavy atom. The molecule has 1 aromatic heterocycles. The predicted octanol–water partition coefficient (Wildman–Crippen LogP) is 4.78. The number of hydrogen-bond donors (Lipinski definition) is 1. The van der Waals surface area contributed by atoms with Gasteiger partial charge < -0.3 is 19.7 Å². The predicted molar refractivity (Wildman–Crippen MR) is 148 cm³/mol. The quantitative estimate of drug-likeness (QED) is 0.454. The highest BCUT2D eigenvalue weighted by molar-refractivity contribution is 7.13. The Balaban J connectivity index is 0.989. The van der Waals surface area contributed by atoms with Gasteiger partial charge >= 0.3 is 0 Å². The van der Waals surface area contributed by atoms with Gasteiger partial charge in [0.2, 0.25) is 12.7 Å². The zero-order valence-electron chi connectivity index (χ0n) is 21.1. The summed E-state index contributed by atoms with van der Waals surface area (Å²) >= 11 is 1.60. The molecule has 8 heteroatoms. The minimum absolute atomic E-state index is 0.0360. The average Bonchev–Trinajstić information content (AvgIpc) is 3.59. The monoisotopic (exact) mass is 518 g/mol. The summed E-state index contributed by atoms with van der Waals surface area (Å²) in [6, 6.07) is 14.2. The molecule has 1 amide bonds. The summed E-state index contributed by atoms with van der Waals surface area (Å²) < 4.78 is 16.8. The largest absolute Gasteiger partial charge is 0.454 e. The maximum Gasteiger partial charge on any atom is 0.244 e. The van der Waals surface area contributed by atoms with E-state index in [1.807, 2.05) is 24.3 Å². The third-order valence-corrected chi connectivity index (χ3v) is 8.77. The maximum atomic E-state index is 12.6. The van der Waals surface area contributed by atoms with E-state index in [4.69, 9.17) is 13.8 Å². The van der Waals surface area contributed by atoms with E-state index < -0.39 is 0 Å². The van der Waals surface area contributed by atoms with Crippen LogP contribution in [0, 0.1) is 11.8 Å². The highest BCUT2D eigenvalue weighted by Crippen LogP contribution is 2.34. The summed E-state index contributed by atoms with van der Waals surface area (Å²) in [5.41, 5.74) is 0.930. The first-order chi connectivity index (χ1) is 18.2. The van der Waals surface area contributed by atoms with Gasteiger partial charge in [-0.1, -0.05) is 31.0 Å². The molecule has 0 bridgehead atoms. The van der Waals surface area contributed by atoms with Gasteiger partial charge in [0.15, 0.2) is 11.5 Å². The zero-order chi connectivity index (χ0) is 25.0. The molecule has 0 radical (unpaired) electrons. The molecule has 2 aromatic carbocycles. The number of piperazine rings is 1. The summed E-state index contributed by atoms with van der Waals surface area (Å²) in [5.74, 6) is 3.77. The van der Waals surface area contributed by atoms with Crippen LogP contribution in [0.1, 0.15) is 31.2 Å². The Labute approximate surface area is 222 Å². The average molecular weight is 519 g/mol. The van der Waals surface area contributed by atoms with Crippen LogP contribution in [0.4, 0.5) is 5.82 Å². The van der Waals surface area contributed by atoms with Crippen LogP contribution < -0.4 is 19.7 Å². The molecule has 7 nitrogen and oxygen atoms in total. The number of ether oxygens (including phenoxy) is 2. The van der Waals surface area contributed by atoms with Crippen molar-refractivity contribution in [2.75, 3.05) is 51.0 Å². The first kappa shape index (κ1) is 24.2. The number of fused-ring (bicyclic) bond motifs is 2. The Kier molecular flexibility index (Phi) is 7.28. The highest BCUT2D eigenvalue weighted by Gasteiger charge is 2.29. The summed E-state index contributed by atoms with van der Waals surface area (Å²) in [5, 5.41) is 4.44. The Morgan fingerprint density at radius 1 is 1.03 bits per heavy atom. The maximum absolute atomic E-state index is 12.6. The van der Waals surface area contributed by atoms with Gasteiger partial charge in [0.05, 0.1) is 4.70 Å². The van der Waals surface area contributed by atoms with Crippen molar-refractivity contribution in [3.63, 3.8) is 0 Å². The van der Waals surface area contributed by atoms with E-state index >= 15 is 0 Å². The summed E-state index contributed by atoms with van der Waals surface area (Å²) in [7, 11) is 0. The number of carbonyl (C=O) groups excluding carboxylic acids is 1. The summed E-state index contributed by atoms with van der Waals surface area (Å²) in [4.78, 5) is 17.6. The van der Waals surface area contributed by atoms with Gasteiger partial charge in [0.25, 0.3) is 0 Å². The van der Waals surface area contributed by atoms with E-state index in [0.29, 0.717) is 11.8 Å². The first-order valence-electron chi connectivity index (χ1n) is 13.4. The van der Waals surface area contributed by atoms with Crippen molar-refractivity contribution in [3.05, 3.63) is 54.1 Å². The molecule has 194 valence electrons. The molecule has 37 heavy (non-hydrogen) atoms. The fraction of sp³-hybridized carbons (Fsp3) is 0.448. The molecule has 0 unspecified atom stereocenters. The molecule has 1 saturated heterocycles. The topological polar surface area (TPSA) is 66.9 Å². The molecule has 3 heterocycles. The van der Waals surface area contributed by atoms with E-state index in [1.54, 1.807) is 17.6 Å². The van der Waals surface area contributed by atoms with Gasteiger partial charge in [0, 0.05) is 50.7 Å². The van der Waals surface area contributed by atoms with Crippen LogP contribution in [-0.2, 0) is 4.79 Å². The van der Waals surface area contributed by atoms with Crippen LogP contribution in [0.2, 0.25) is 0 Å². The van der Waals surface area contributed by atoms with Gasteiger partial charge in [-0.15, -0.1) is 0 Å². The molecular formula is C29H34N4O3S. The van der Waals surface area contributed by atoms with Crippen LogP contribution in [-0.4, -0.2) is 61.2 Å². The Morgan fingerprint density at radius 2 is 1.84 bits per heavy atom. The van der Waals surface area contributed by atoms with E-state index in [-0.39, 0.29) is 12.7 Å². The van der Waals surface area contributed by atoms with Crippen molar-refractivity contribution in [1.29, 1.82) is 0 Å². The number of aromatic nitrogens is 1. The van der Waals surface area contributed by atoms with Crippen molar-refractivity contribution in [1.82, 2.24) is 14.6 Å². The highest BCUT2D eigenvalue weighted by atomic mass is 32.1. The first-order valence-corrected chi connectivity index (χ1v) is 14.2. The minimum atomic E-state index is -0.0360. The molecular weight excluding hydrogens is 484 g/mol. The van der Waals surface area contributed by atoms with Crippen molar-refractivity contribution in [3.8, 4) is 11.5 Å². The number of carbonyl (C=O) groups is 1. The van der Waals surface area contributed by atoms with Crippen LogP contribution in [0.3, 0.4) is 0 Å². The van der Waals surface area contributed by atoms with Gasteiger partial charge in [-0.25, -0.2) is 0 Å². The number of nitrogens with one attached hydrogen (secondary N) is 1. The lowest BCUT2D eigenvalue weighted by atomic mass is 9.78. The fourth-order valence-electron chi connectivity index (χ4n) is 5.85. The van der Waals surface area contributed by atoms with Gasteiger partial charge in [-0.2, -0.15) is 4.37 Å². The lowest BCUT2D eigenvalue weighted by Gasteiger charge is -2.40.